The van der Waals surface area contributed by atoms with Crippen LogP contribution in [0.4, 0.5) is 10.3 Å². The Morgan fingerprint density at radius 2 is 0.965 bits per heavy atom. The third-order valence-corrected chi connectivity index (χ3v) is 15.6. The predicted molar refractivity (Wildman–Crippen MR) is 331 cm³/mol. The molecule has 21 heteroatoms. The zero-order valence-electron chi connectivity index (χ0n) is 51.6. The number of benzene rings is 2. The van der Waals surface area contributed by atoms with Gasteiger partial charge < -0.3 is 9.80 Å². The van der Waals surface area contributed by atoms with E-state index in [0.29, 0.717) is 30.5 Å². The van der Waals surface area contributed by atoms with Gasteiger partial charge in [0.15, 0.2) is 16.5 Å². The molecular weight excluding hydrogens is 1120 g/mol. The number of anilines is 2. The van der Waals surface area contributed by atoms with E-state index in [0.717, 1.165) is 98.5 Å². The maximum atomic E-state index is 14.0. The lowest BCUT2D eigenvalue weighted by atomic mass is 9.89. The van der Waals surface area contributed by atoms with E-state index < -0.39 is 47.3 Å². The molecule has 0 atom stereocenters. The standard InChI is InChI=1S/C32H39N5O4S.C16H13N3O4.C16H28N2OS/c1-8-10-17-35(18-11-9-2)31-34-27(32(5,6)7)26(42-31)19-24-21(3)25(20-33)30(41)37(29(24)40)36(22(4)38)28(39)23-15-13-12-14-16-23;1-10-8-14(21)19(16(23)13(10)9-17)18(11(2)20)15(22)12-6-4-3-5-7-12;1-6-8-10-18(11-9-7-2)15-17-14(16(3,4)5)13(12-19)20-15/h12-16,19H,8-11,17-18H2,1-7H3;3-7H,8H2,1-2H3;12H,6-11H2,1-5H3/b24-19-;;. The topological polar surface area (TPSA) is 246 Å². The van der Waals surface area contributed by atoms with E-state index in [4.69, 9.17) is 15.2 Å². The number of carbonyl (C=O) groups is 9. The highest BCUT2D eigenvalue weighted by Crippen LogP contribution is 2.39. The van der Waals surface area contributed by atoms with Crippen molar-refractivity contribution in [1.29, 1.82) is 10.5 Å². The number of hydrogen-bond acceptors (Lipinski definition) is 17. The second-order valence-corrected chi connectivity index (χ2v) is 24.5. The molecule has 0 N–H and O–H groups in total. The van der Waals surface area contributed by atoms with Gasteiger partial charge in [-0.1, -0.05) is 154 Å². The van der Waals surface area contributed by atoms with Gasteiger partial charge in [0.2, 0.25) is 11.8 Å². The average molecular weight is 1200 g/mol. The van der Waals surface area contributed by atoms with Crippen LogP contribution in [0.3, 0.4) is 0 Å². The zero-order valence-corrected chi connectivity index (χ0v) is 53.2. The van der Waals surface area contributed by atoms with Crippen LogP contribution >= 0.6 is 22.7 Å². The van der Waals surface area contributed by atoms with Gasteiger partial charge in [0.1, 0.15) is 23.3 Å². The summed E-state index contributed by atoms with van der Waals surface area (Å²) >= 11 is 2.99. The fourth-order valence-corrected chi connectivity index (χ4v) is 11.3. The molecule has 0 fully saturated rings. The molecule has 0 unspecified atom stereocenters. The van der Waals surface area contributed by atoms with Gasteiger partial charge in [-0.2, -0.15) is 30.6 Å². The summed E-state index contributed by atoms with van der Waals surface area (Å²) in [6.45, 7) is 30.1. The molecular formula is C64H80N10O9S2. The van der Waals surface area contributed by atoms with Gasteiger partial charge in [-0.3, -0.25) is 43.2 Å². The van der Waals surface area contributed by atoms with Crippen LogP contribution in [0.15, 0.2) is 88.5 Å². The van der Waals surface area contributed by atoms with Crippen LogP contribution in [0, 0.1) is 22.7 Å². The van der Waals surface area contributed by atoms with Crippen molar-refractivity contribution in [1.82, 2.24) is 30.0 Å². The first-order chi connectivity index (χ1) is 40.2. The van der Waals surface area contributed by atoms with Crippen molar-refractivity contribution >= 4 is 92.6 Å². The van der Waals surface area contributed by atoms with Gasteiger partial charge in [-0.15, -0.1) is 0 Å². The Balaban J connectivity index is 0.000000302. The zero-order chi connectivity index (χ0) is 63.5. The largest absolute Gasteiger partial charge is 0.348 e. The van der Waals surface area contributed by atoms with Gasteiger partial charge in [0, 0.05) is 67.6 Å². The predicted octanol–water partition coefficient (Wildman–Crippen LogP) is 11.9. The highest BCUT2D eigenvalue weighted by Gasteiger charge is 2.44. The molecule has 2 aliphatic heterocycles. The van der Waals surface area contributed by atoms with Crippen LogP contribution < -0.4 is 9.80 Å². The number of carbonyl (C=O) groups excluding carboxylic acids is 9. The van der Waals surface area contributed by atoms with E-state index in [1.807, 2.05) is 26.8 Å². The molecule has 6 rings (SSSR count). The Morgan fingerprint density at radius 1 is 0.588 bits per heavy atom. The Hall–Kier alpha value is -8.27. The smallest absolute Gasteiger partial charge is 0.291 e. The van der Waals surface area contributed by atoms with Crippen LogP contribution in [0.1, 0.15) is 201 Å². The second kappa shape index (κ2) is 31.6. The molecule has 2 aromatic carbocycles. The van der Waals surface area contributed by atoms with Gasteiger partial charge in [-0.25, -0.2) is 9.97 Å². The summed E-state index contributed by atoms with van der Waals surface area (Å²) in [7, 11) is 0. The number of unbranched alkanes of at least 4 members (excludes halogenated alkanes) is 4. The third-order valence-electron chi connectivity index (χ3n) is 13.5. The van der Waals surface area contributed by atoms with Crippen LogP contribution in [0.25, 0.3) is 6.08 Å². The SMILES string of the molecule is CC(=O)N(C(=O)c1ccccc1)N1C(=O)CC(C)=C(C#N)C1=O.CCCCN(CCCC)c1nc(C(C)(C)C)c(/C=C2\C(=O)N(N(C(C)=O)C(=O)c3ccccc3)C(=O)C(C#N)=C2C)s1.CCCCN(CCCC)c1nc(C(C)(C)C)c(C=O)s1. The molecule has 85 heavy (non-hydrogen) atoms. The van der Waals surface area contributed by atoms with E-state index >= 15 is 0 Å². The lowest BCUT2D eigenvalue weighted by Crippen LogP contribution is -2.57. The van der Waals surface area contributed by atoms with Gasteiger partial charge in [0.05, 0.1) is 27.6 Å². The minimum atomic E-state index is -1.03. The van der Waals surface area contributed by atoms with Crippen molar-refractivity contribution in [3.63, 3.8) is 0 Å². The minimum absolute atomic E-state index is 0.0487. The first-order valence-electron chi connectivity index (χ1n) is 28.7. The van der Waals surface area contributed by atoms with E-state index in [2.05, 4.69) is 58.3 Å². The van der Waals surface area contributed by atoms with E-state index in [1.54, 1.807) is 59.9 Å². The van der Waals surface area contributed by atoms with Crippen LogP contribution in [-0.4, -0.2) is 110 Å². The van der Waals surface area contributed by atoms with Crippen molar-refractivity contribution < 1.29 is 43.2 Å². The normalized spacial score (nSPS) is 14.0. The maximum Gasteiger partial charge on any atom is 0.291 e. The lowest BCUT2D eigenvalue weighted by Gasteiger charge is -2.34. The summed E-state index contributed by atoms with van der Waals surface area (Å²) in [5.74, 6) is -6.87. The van der Waals surface area contributed by atoms with Crippen LogP contribution in [-0.2, 0) is 39.6 Å². The molecule has 0 saturated heterocycles. The Bertz CT molecular complexity index is 3280. The fraction of sp³-hybridized carbons (Fsp3) is 0.453. The summed E-state index contributed by atoms with van der Waals surface area (Å²) in [6, 6.07) is 19.3. The van der Waals surface area contributed by atoms with Crippen molar-refractivity contribution in [3.8, 4) is 12.1 Å². The molecule has 8 amide bonds. The minimum Gasteiger partial charge on any atom is -0.348 e. The average Bonchev–Trinajstić information content (AvgIpc) is 2.80. The van der Waals surface area contributed by atoms with Crippen molar-refractivity contribution in [2.75, 3.05) is 36.0 Å². The Labute approximate surface area is 508 Å². The van der Waals surface area contributed by atoms with Crippen LogP contribution in [0.2, 0.25) is 0 Å². The summed E-state index contributed by atoms with van der Waals surface area (Å²) in [4.78, 5) is 130. The third kappa shape index (κ3) is 17.4. The summed E-state index contributed by atoms with van der Waals surface area (Å²) < 4.78 is 0. The molecule has 0 saturated carbocycles. The number of hydrazine groups is 2. The molecule has 4 heterocycles. The fourth-order valence-electron chi connectivity index (χ4n) is 8.84. The second-order valence-electron chi connectivity index (χ2n) is 22.5. The summed E-state index contributed by atoms with van der Waals surface area (Å²) in [5.41, 5.74) is 1.51. The first-order valence-corrected chi connectivity index (χ1v) is 30.3. The molecule has 19 nitrogen and oxygen atoms in total. The van der Waals surface area contributed by atoms with E-state index in [-0.39, 0.29) is 50.7 Å². The molecule has 0 aliphatic carbocycles. The maximum absolute atomic E-state index is 14.0. The lowest BCUT2D eigenvalue weighted by molar-refractivity contribution is -0.165. The number of aromatic nitrogens is 2. The summed E-state index contributed by atoms with van der Waals surface area (Å²) in [6.07, 6.45) is 11.2. The molecule has 4 aromatic rings. The molecule has 2 aromatic heterocycles. The monoisotopic (exact) mass is 1200 g/mol. The van der Waals surface area contributed by atoms with Crippen LogP contribution in [0.5, 0.6) is 0 Å². The number of imide groups is 4. The Morgan fingerprint density at radius 3 is 1.32 bits per heavy atom. The first kappa shape index (κ1) is 69.2. The number of amides is 8. The van der Waals surface area contributed by atoms with Crippen molar-refractivity contribution in [3.05, 3.63) is 121 Å². The molecule has 0 bridgehead atoms. The number of aldehydes is 1. The molecule has 0 radical (unpaired) electrons. The van der Waals surface area contributed by atoms with Gasteiger partial charge in [-0.05, 0) is 81.0 Å². The number of rotatable bonds is 20. The number of nitriles is 2. The van der Waals surface area contributed by atoms with Gasteiger partial charge >= 0.3 is 0 Å². The van der Waals surface area contributed by atoms with Gasteiger partial charge in [0.25, 0.3) is 35.4 Å². The Kier molecular flexibility index (Phi) is 25.7. The molecule has 2 aliphatic rings. The van der Waals surface area contributed by atoms with Crippen molar-refractivity contribution in [2.45, 2.75) is 166 Å². The van der Waals surface area contributed by atoms with E-state index in [9.17, 15) is 48.4 Å². The molecule has 0 spiro atoms. The highest BCUT2D eigenvalue weighted by atomic mass is 32.1. The number of hydrogen-bond donors (Lipinski definition) is 0. The van der Waals surface area contributed by atoms with E-state index in [1.165, 1.54) is 75.1 Å². The molecule has 452 valence electrons. The summed E-state index contributed by atoms with van der Waals surface area (Å²) in [5, 5.41) is 22.8. The quantitative estimate of drug-likeness (QED) is 0.0453. The number of nitrogens with zero attached hydrogens (tertiary/aromatic N) is 10. The highest BCUT2D eigenvalue weighted by molar-refractivity contribution is 7.17. The number of thiazole rings is 2. The van der Waals surface area contributed by atoms with Crippen molar-refractivity contribution in [2.24, 2.45) is 0 Å².